The van der Waals surface area contributed by atoms with Crippen molar-refractivity contribution in [2.45, 2.75) is 15.1 Å². The lowest BCUT2D eigenvalue weighted by molar-refractivity contribution is 0.154. The van der Waals surface area contributed by atoms with Gasteiger partial charge in [0.25, 0.3) is 0 Å². The van der Waals surface area contributed by atoms with Crippen molar-refractivity contribution < 1.29 is 14.3 Å². The van der Waals surface area contributed by atoms with E-state index in [0.29, 0.717) is 11.1 Å². The molecule has 3 rings (SSSR count). The monoisotopic (exact) mass is 381 g/mol. The van der Waals surface area contributed by atoms with Crippen LogP contribution in [0.25, 0.3) is 11.1 Å². The predicted octanol–water partition coefficient (Wildman–Crippen LogP) is 4.67. The summed E-state index contributed by atoms with van der Waals surface area (Å²) in [5.41, 5.74) is 1.11. The van der Waals surface area contributed by atoms with Gasteiger partial charge in [-0.15, -0.1) is 22.7 Å². The number of hydrogen-bond acceptors (Lipinski definition) is 6. The fraction of sp³-hybridized carbons (Fsp3) is 0.133. The van der Waals surface area contributed by atoms with Crippen LogP contribution < -0.4 is 0 Å². The van der Waals surface area contributed by atoms with E-state index in [0.717, 1.165) is 13.4 Å². The molecule has 3 heterocycles. The molecule has 0 fully saturated rings. The molecule has 0 radical (unpaired) electrons. The molecule has 0 bridgehead atoms. The molecular formula is C15H12FN3O2S3. The molecular weight excluding hydrogens is 369 g/mol. The first-order valence-electron chi connectivity index (χ1n) is 6.79. The highest BCUT2D eigenvalue weighted by molar-refractivity contribution is 8.02. The molecule has 1 N–H and O–H groups in total. The number of aromatic nitrogens is 2. The maximum atomic E-state index is 14.1. The largest absolute Gasteiger partial charge is 0.465 e. The summed E-state index contributed by atoms with van der Waals surface area (Å²) in [6, 6.07) is 5.16. The van der Waals surface area contributed by atoms with Crippen molar-refractivity contribution in [1.29, 1.82) is 0 Å². The Morgan fingerprint density at radius 3 is 2.88 bits per heavy atom. The van der Waals surface area contributed by atoms with Crippen LogP contribution in [0.3, 0.4) is 0 Å². The summed E-state index contributed by atoms with van der Waals surface area (Å²) in [6.07, 6.45) is 2.11. The highest BCUT2D eigenvalue weighted by Gasteiger charge is 2.18. The van der Waals surface area contributed by atoms with Crippen LogP contribution in [0.5, 0.6) is 0 Å². The van der Waals surface area contributed by atoms with Crippen LogP contribution in [-0.2, 0) is 6.54 Å². The fourth-order valence-electron chi connectivity index (χ4n) is 1.99. The van der Waals surface area contributed by atoms with E-state index in [4.69, 9.17) is 5.11 Å². The summed E-state index contributed by atoms with van der Waals surface area (Å²) in [7, 11) is 1.50. The summed E-state index contributed by atoms with van der Waals surface area (Å²) in [6.45, 7) is 0.243. The summed E-state index contributed by atoms with van der Waals surface area (Å²) < 4.78 is 15.8. The quantitative estimate of drug-likeness (QED) is 0.651. The Morgan fingerprint density at radius 2 is 2.21 bits per heavy atom. The minimum absolute atomic E-state index is 0.243. The Morgan fingerprint density at radius 1 is 1.38 bits per heavy atom. The molecule has 0 aromatic carbocycles. The number of halogens is 1. The van der Waals surface area contributed by atoms with Crippen molar-refractivity contribution in [2.75, 3.05) is 7.05 Å². The van der Waals surface area contributed by atoms with E-state index in [1.54, 1.807) is 18.3 Å². The van der Waals surface area contributed by atoms with Crippen LogP contribution in [0, 0.1) is 5.95 Å². The molecule has 124 valence electrons. The van der Waals surface area contributed by atoms with Gasteiger partial charge in [-0.3, -0.25) is 0 Å². The molecule has 1 amide bonds. The first kappa shape index (κ1) is 16.9. The van der Waals surface area contributed by atoms with E-state index < -0.39 is 12.0 Å². The van der Waals surface area contributed by atoms with Crippen LogP contribution in [-0.4, -0.2) is 33.1 Å². The zero-order chi connectivity index (χ0) is 17.1. The van der Waals surface area contributed by atoms with Crippen LogP contribution in [0.4, 0.5) is 9.18 Å². The smallest absolute Gasteiger partial charge is 0.407 e. The van der Waals surface area contributed by atoms with Crippen molar-refractivity contribution in [1.82, 2.24) is 14.9 Å². The minimum Gasteiger partial charge on any atom is -0.465 e. The molecule has 0 unspecified atom stereocenters. The lowest BCUT2D eigenvalue weighted by Crippen LogP contribution is -2.23. The first-order chi connectivity index (χ1) is 11.5. The van der Waals surface area contributed by atoms with Crippen molar-refractivity contribution in [3.05, 3.63) is 46.8 Å². The molecule has 3 aromatic rings. The summed E-state index contributed by atoms with van der Waals surface area (Å²) >= 11 is 4.38. The summed E-state index contributed by atoms with van der Waals surface area (Å²) in [5.74, 6) is -0.547. The van der Waals surface area contributed by atoms with Gasteiger partial charge in [0.15, 0.2) is 4.34 Å². The molecule has 0 saturated carbocycles. The maximum Gasteiger partial charge on any atom is 0.407 e. The number of carbonyl (C=O) groups is 1. The number of rotatable bonds is 5. The van der Waals surface area contributed by atoms with Gasteiger partial charge in [0, 0.05) is 40.8 Å². The number of amides is 1. The third kappa shape index (κ3) is 3.74. The zero-order valence-electron chi connectivity index (χ0n) is 12.5. The van der Waals surface area contributed by atoms with Crippen molar-refractivity contribution in [2.24, 2.45) is 0 Å². The van der Waals surface area contributed by atoms with E-state index in [1.165, 1.54) is 52.6 Å². The standard InChI is InChI=1S/C15H12FN3O2S3/c1-19(15(20)21)8-9-7-11(10-3-2-4-17-12(10)16)13(23-9)24-14-18-5-6-22-14/h2-7H,8H2,1H3,(H,20,21). The Kier molecular flexibility index (Phi) is 5.12. The van der Waals surface area contributed by atoms with E-state index >= 15 is 0 Å². The number of nitrogens with zero attached hydrogens (tertiary/aromatic N) is 3. The van der Waals surface area contributed by atoms with Gasteiger partial charge in [-0.2, -0.15) is 4.39 Å². The molecule has 0 atom stereocenters. The average molecular weight is 381 g/mol. The first-order valence-corrected chi connectivity index (χ1v) is 9.31. The lowest BCUT2D eigenvalue weighted by atomic mass is 10.1. The normalized spacial score (nSPS) is 10.8. The third-order valence-corrected chi connectivity index (χ3v) is 6.31. The molecule has 0 aliphatic carbocycles. The van der Waals surface area contributed by atoms with Crippen molar-refractivity contribution >= 4 is 40.5 Å². The zero-order valence-corrected chi connectivity index (χ0v) is 14.9. The maximum absolute atomic E-state index is 14.1. The van der Waals surface area contributed by atoms with Gasteiger partial charge < -0.3 is 10.0 Å². The lowest BCUT2D eigenvalue weighted by Gasteiger charge is -2.10. The number of pyridine rings is 1. The molecule has 3 aromatic heterocycles. The van der Waals surface area contributed by atoms with Crippen LogP contribution >= 0.6 is 34.4 Å². The predicted molar refractivity (Wildman–Crippen MR) is 93.2 cm³/mol. The second-order valence-corrected chi connectivity index (χ2v) is 8.34. The van der Waals surface area contributed by atoms with Gasteiger partial charge in [0.1, 0.15) is 0 Å². The highest BCUT2D eigenvalue weighted by Crippen LogP contribution is 2.43. The average Bonchev–Trinajstić information content (AvgIpc) is 3.18. The van der Waals surface area contributed by atoms with Gasteiger partial charge in [0.05, 0.1) is 10.8 Å². The van der Waals surface area contributed by atoms with E-state index in [2.05, 4.69) is 9.97 Å². The molecule has 24 heavy (non-hydrogen) atoms. The summed E-state index contributed by atoms with van der Waals surface area (Å²) in [4.78, 5) is 21.0. The molecule has 5 nitrogen and oxygen atoms in total. The number of carboxylic acid groups (broad SMARTS) is 1. The van der Waals surface area contributed by atoms with Gasteiger partial charge in [-0.25, -0.2) is 14.8 Å². The SMILES string of the molecule is CN(Cc1cc(-c2cccnc2F)c(Sc2nccs2)s1)C(=O)O. The van der Waals surface area contributed by atoms with Crippen LogP contribution in [0.2, 0.25) is 0 Å². The Labute approximate surface area is 149 Å². The minimum atomic E-state index is -1.01. The van der Waals surface area contributed by atoms with Crippen LogP contribution in [0.1, 0.15) is 4.88 Å². The van der Waals surface area contributed by atoms with E-state index in [9.17, 15) is 9.18 Å². The number of thiazole rings is 1. The Bertz CT molecular complexity index is 852. The topological polar surface area (TPSA) is 66.3 Å². The van der Waals surface area contributed by atoms with Gasteiger partial charge in [0.2, 0.25) is 5.95 Å². The molecule has 0 spiro atoms. The Hall–Kier alpha value is -1.97. The Balaban J connectivity index is 1.99. The number of thiophene rings is 1. The van der Waals surface area contributed by atoms with Gasteiger partial charge in [-0.1, -0.05) is 0 Å². The van der Waals surface area contributed by atoms with Gasteiger partial charge in [-0.05, 0) is 30.0 Å². The number of hydrogen-bond donors (Lipinski definition) is 1. The van der Waals surface area contributed by atoms with E-state index in [-0.39, 0.29) is 6.54 Å². The second kappa shape index (κ2) is 7.29. The van der Waals surface area contributed by atoms with Crippen molar-refractivity contribution in [3.63, 3.8) is 0 Å². The summed E-state index contributed by atoms with van der Waals surface area (Å²) in [5, 5.41) is 10.9. The van der Waals surface area contributed by atoms with Crippen molar-refractivity contribution in [3.8, 4) is 11.1 Å². The molecule has 0 saturated heterocycles. The van der Waals surface area contributed by atoms with Gasteiger partial charge >= 0.3 is 6.09 Å². The van der Waals surface area contributed by atoms with Crippen LogP contribution in [0.15, 0.2) is 44.5 Å². The van der Waals surface area contributed by atoms with E-state index in [1.807, 2.05) is 11.4 Å². The fourth-order valence-corrected chi connectivity index (χ4v) is 5.35. The molecule has 0 aliphatic heterocycles. The highest BCUT2D eigenvalue weighted by atomic mass is 32.2. The third-order valence-electron chi connectivity index (χ3n) is 3.11. The molecule has 0 aliphatic rings. The second-order valence-electron chi connectivity index (χ2n) is 4.79. The molecule has 9 heteroatoms.